The predicted molar refractivity (Wildman–Crippen MR) is 165 cm³/mol. The molecule has 0 rings (SSSR count). The average Bonchev–Trinajstić information content (AvgIpc) is 2.95. The van der Waals surface area contributed by atoms with Crippen molar-refractivity contribution in [3.8, 4) is 0 Å². The summed E-state index contributed by atoms with van der Waals surface area (Å²) in [5, 5.41) is 0. The van der Waals surface area contributed by atoms with Gasteiger partial charge in [-0.25, -0.2) is 0 Å². The summed E-state index contributed by atoms with van der Waals surface area (Å²) in [6.07, 6.45) is 23.3. The van der Waals surface area contributed by atoms with Gasteiger partial charge in [0.2, 0.25) is 0 Å². The first-order valence-electron chi connectivity index (χ1n) is 15.9. The van der Waals surface area contributed by atoms with Crippen molar-refractivity contribution in [2.45, 2.75) is 155 Å². The predicted octanol–water partition coefficient (Wildman–Crippen LogP) is 7.65. The monoisotopic (exact) mass is 692 g/mol. The molecule has 0 aliphatic heterocycles. The number of esters is 4. The maximum absolute atomic E-state index is 11.3. The Balaban J connectivity index is -0.000000688. The van der Waals surface area contributed by atoms with Gasteiger partial charge in [-0.3, -0.25) is 19.2 Å². The summed E-state index contributed by atoms with van der Waals surface area (Å²) in [4.78, 5) is 44.3. The zero-order valence-electron chi connectivity index (χ0n) is 26.7. The van der Waals surface area contributed by atoms with Crippen LogP contribution < -0.4 is 0 Å². The van der Waals surface area contributed by atoms with E-state index in [9.17, 15) is 19.2 Å². The molecule has 0 aromatic carbocycles. The first-order chi connectivity index (χ1) is 19.4. The Morgan fingerprint density at radius 1 is 0.390 bits per heavy atom. The molecule has 0 heterocycles. The molecular weight excluding hydrogens is 631 g/mol. The van der Waals surface area contributed by atoms with E-state index in [-0.39, 0.29) is 73.8 Å². The van der Waals surface area contributed by atoms with E-state index in [4.69, 9.17) is 9.47 Å². The zero-order chi connectivity index (χ0) is 30.1. The van der Waals surface area contributed by atoms with Crippen LogP contribution in [0.25, 0.3) is 0 Å². The molecular formula is C32H60O8Sn. The number of rotatable bonds is 26. The molecule has 240 valence electrons. The van der Waals surface area contributed by atoms with Crippen molar-refractivity contribution in [1.82, 2.24) is 0 Å². The van der Waals surface area contributed by atoms with E-state index in [0.29, 0.717) is 12.8 Å². The van der Waals surface area contributed by atoms with E-state index in [1.807, 2.05) is 0 Å². The zero-order valence-corrected chi connectivity index (χ0v) is 29.6. The molecule has 8 nitrogen and oxygen atoms in total. The molecule has 0 bridgehead atoms. The van der Waals surface area contributed by atoms with Gasteiger partial charge in [0.1, 0.15) is 13.2 Å². The van der Waals surface area contributed by atoms with Gasteiger partial charge in [-0.15, -0.1) is 0 Å². The summed E-state index contributed by atoms with van der Waals surface area (Å²) in [6, 6.07) is 0. The van der Waals surface area contributed by atoms with Crippen LogP contribution in [0.2, 0.25) is 0 Å². The summed E-state index contributed by atoms with van der Waals surface area (Å²) < 4.78 is 18.8. The first kappa shape index (κ1) is 44.1. The maximum Gasteiger partial charge on any atom is 0.308 e. The molecule has 0 atom stereocenters. The number of ether oxygens (including phenoxy) is 4. The molecule has 0 aliphatic rings. The molecule has 0 unspecified atom stereocenters. The Labute approximate surface area is 267 Å². The minimum Gasteiger partial charge on any atom is -0.469 e. The molecule has 0 aliphatic carbocycles. The largest absolute Gasteiger partial charge is 0.469 e. The van der Waals surface area contributed by atoms with Gasteiger partial charge >= 0.3 is 23.9 Å². The molecule has 0 aromatic rings. The number of unbranched alkanes of at least 4 members (excludes halogenated alkanes) is 16. The second-order valence-electron chi connectivity index (χ2n) is 10.3. The summed E-state index contributed by atoms with van der Waals surface area (Å²) in [5.74, 6) is -1.12. The second-order valence-corrected chi connectivity index (χ2v) is 10.3. The third kappa shape index (κ3) is 38.7. The minimum atomic E-state index is -0.346. The Bertz CT molecular complexity index is 561. The van der Waals surface area contributed by atoms with Crippen molar-refractivity contribution in [2.24, 2.45) is 0 Å². The van der Waals surface area contributed by atoms with Crippen molar-refractivity contribution >= 4 is 47.8 Å². The van der Waals surface area contributed by atoms with Gasteiger partial charge < -0.3 is 18.9 Å². The summed E-state index contributed by atoms with van der Waals surface area (Å²) in [7, 11) is 2.65. The normalized spacial score (nSPS) is 10.0. The summed E-state index contributed by atoms with van der Waals surface area (Å²) in [5.41, 5.74) is 0. The van der Waals surface area contributed by atoms with E-state index in [0.717, 1.165) is 25.7 Å². The van der Waals surface area contributed by atoms with Crippen LogP contribution in [0.5, 0.6) is 0 Å². The number of hydrogen-bond acceptors (Lipinski definition) is 8. The van der Waals surface area contributed by atoms with Crippen LogP contribution in [-0.2, 0) is 38.1 Å². The van der Waals surface area contributed by atoms with Crippen LogP contribution in [0.4, 0.5) is 0 Å². The molecule has 0 amide bonds. The van der Waals surface area contributed by atoms with Crippen LogP contribution in [0.1, 0.15) is 155 Å². The van der Waals surface area contributed by atoms with Crippen LogP contribution >= 0.6 is 0 Å². The molecule has 0 N–H and O–H groups in total. The van der Waals surface area contributed by atoms with Gasteiger partial charge in [-0.1, -0.05) is 117 Å². The maximum atomic E-state index is 11.3. The molecule has 0 aromatic heterocycles. The standard InChI is InChI=1S/2C16H30O4.Sn/c2*1-3-4-5-6-7-8-9-10-11-12-16(18)20-14-13-15(17)19-2;/h2*3-14H2,1-2H3;. The van der Waals surface area contributed by atoms with E-state index in [2.05, 4.69) is 23.3 Å². The Hall–Kier alpha value is -1.32. The molecule has 0 spiro atoms. The number of carbonyl (C=O) groups excluding carboxylic acids is 4. The van der Waals surface area contributed by atoms with Crippen molar-refractivity contribution < 1.29 is 38.1 Å². The molecule has 41 heavy (non-hydrogen) atoms. The fourth-order valence-corrected chi connectivity index (χ4v) is 4.00. The van der Waals surface area contributed by atoms with Gasteiger partial charge in [0.15, 0.2) is 0 Å². The fraction of sp³-hybridized carbons (Fsp3) is 0.875. The van der Waals surface area contributed by atoms with Crippen LogP contribution in [0.3, 0.4) is 0 Å². The minimum absolute atomic E-state index is 0. The SMILES string of the molecule is CCCCCCCCCCCC(=O)OCCC(=O)OC.CCCCCCCCCCCC(=O)OCCC(=O)OC.[Sn]. The Kier molecular flexibility index (Phi) is 39.5. The molecule has 0 saturated heterocycles. The number of methoxy groups -OCH3 is 2. The topological polar surface area (TPSA) is 105 Å². The number of hydrogen-bond donors (Lipinski definition) is 0. The smallest absolute Gasteiger partial charge is 0.308 e. The van der Waals surface area contributed by atoms with Crippen molar-refractivity contribution in [2.75, 3.05) is 27.4 Å². The van der Waals surface area contributed by atoms with Gasteiger partial charge in [0.25, 0.3) is 0 Å². The van der Waals surface area contributed by atoms with Crippen LogP contribution in [0.15, 0.2) is 0 Å². The average molecular weight is 692 g/mol. The molecule has 0 fully saturated rings. The first-order valence-corrected chi connectivity index (χ1v) is 15.9. The van der Waals surface area contributed by atoms with E-state index >= 15 is 0 Å². The van der Waals surface area contributed by atoms with Gasteiger partial charge in [0, 0.05) is 36.7 Å². The fourth-order valence-electron chi connectivity index (χ4n) is 4.00. The Morgan fingerprint density at radius 3 is 0.927 bits per heavy atom. The van der Waals surface area contributed by atoms with Gasteiger partial charge in [-0.2, -0.15) is 0 Å². The van der Waals surface area contributed by atoms with E-state index in [1.54, 1.807) is 0 Å². The van der Waals surface area contributed by atoms with Crippen LogP contribution in [0, 0.1) is 0 Å². The Morgan fingerprint density at radius 2 is 0.659 bits per heavy atom. The molecule has 4 radical (unpaired) electrons. The molecule has 0 saturated carbocycles. The van der Waals surface area contributed by atoms with Crippen molar-refractivity contribution in [3.05, 3.63) is 0 Å². The second kappa shape index (κ2) is 36.7. The third-order valence-corrected chi connectivity index (χ3v) is 6.56. The third-order valence-electron chi connectivity index (χ3n) is 6.56. The van der Waals surface area contributed by atoms with E-state index in [1.165, 1.54) is 104 Å². The summed E-state index contributed by atoms with van der Waals surface area (Å²) >= 11 is 0. The van der Waals surface area contributed by atoms with Crippen molar-refractivity contribution in [1.29, 1.82) is 0 Å². The van der Waals surface area contributed by atoms with E-state index < -0.39 is 0 Å². The van der Waals surface area contributed by atoms with Gasteiger partial charge in [-0.05, 0) is 12.8 Å². The quantitative estimate of drug-likeness (QED) is 0.0395. The van der Waals surface area contributed by atoms with Crippen LogP contribution in [-0.4, -0.2) is 75.2 Å². The van der Waals surface area contributed by atoms with Crippen molar-refractivity contribution in [3.63, 3.8) is 0 Å². The molecule has 9 heteroatoms. The van der Waals surface area contributed by atoms with Gasteiger partial charge in [0.05, 0.1) is 27.1 Å². The summed E-state index contributed by atoms with van der Waals surface area (Å²) in [6.45, 7) is 4.71. The number of carbonyl (C=O) groups is 4.